The molecule has 1 N–H and O–H groups in total. The topological polar surface area (TPSA) is 78.5 Å². The molecule has 2 fully saturated rings. The van der Waals surface area contributed by atoms with Gasteiger partial charge in [-0.15, -0.1) is 0 Å². The fourth-order valence-electron chi connectivity index (χ4n) is 3.95. The molecular formula is C18H28N4O3. The summed E-state index contributed by atoms with van der Waals surface area (Å²) in [6.45, 7) is 2.09. The highest BCUT2D eigenvalue weighted by Gasteiger charge is 2.50. The maximum atomic E-state index is 12.4. The molecule has 25 heavy (non-hydrogen) atoms. The Morgan fingerprint density at radius 1 is 1.44 bits per heavy atom. The number of nitrogens with zero attached hydrogens (tertiary/aromatic N) is 3. The summed E-state index contributed by atoms with van der Waals surface area (Å²) in [5.41, 5.74) is 0.764. The van der Waals surface area contributed by atoms with Crippen LogP contribution < -0.4 is 0 Å². The molecule has 3 rings (SSSR count). The first-order valence-corrected chi connectivity index (χ1v) is 9.10. The maximum Gasteiger partial charge on any atom is 0.312 e. The van der Waals surface area contributed by atoms with Gasteiger partial charge in [0.15, 0.2) is 0 Å². The highest BCUT2D eigenvalue weighted by molar-refractivity contribution is 5.80. The largest absolute Gasteiger partial charge is 0.461 e. The standard InChI is InChI=1S/C18H28N4O3/c1-21(2)13-15-10-18(17(24)25-15)6-8-22(9-7-18)16(23)5-3-4-14-11-19-20-12-14/h11-12,15H,3-10,13H2,1-2H3,(H,19,20). The molecule has 2 aliphatic rings. The number of aromatic amines is 1. The molecule has 0 saturated carbocycles. The van der Waals surface area contributed by atoms with Gasteiger partial charge in [0.05, 0.1) is 11.6 Å². The Morgan fingerprint density at radius 3 is 2.84 bits per heavy atom. The molecule has 7 nitrogen and oxygen atoms in total. The number of cyclic esters (lactones) is 1. The number of likely N-dealkylation sites (tertiary alicyclic amines) is 1. The molecule has 1 atom stereocenters. The lowest BCUT2D eigenvalue weighted by Gasteiger charge is -2.36. The lowest BCUT2D eigenvalue weighted by atomic mass is 9.76. The van der Waals surface area contributed by atoms with Crippen LogP contribution in [0.3, 0.4) is 0 Å². The van der Waals surface area contributed by atoms with Gasteiger partial charge in [0.2, 0.25) is 5.91 Å². The Bertz CT molecular complexity index is 591. The van der Waals surface area contributed by atoms with Gasteiger partial charge < -0.3 is 14.5 Å². The molecule has 0 aromatic carbocycles. The van der Waals surface area contributed by atoms with E-state index in [1.807, 2.05) is 25.2 Å². The van der Waals surface area contributed by atoms with Crippen LogP contribution in [-0.2, 0) is 20.7 Å². The number of aromatic nitrogens is 2. The van der Waals surface area contributed by atoms with Crippen LogP contribution in [0.1, 0.15) is 37.7 Å². The van der Waals surface area contributed by atoms with Crippen LogP contribution in [0.25, 0.3) is 0 Å². The number of esters is 1. The minimum atomic E-state index is -0.367. The van der Waals surface area contributed by atoms with Crippen molar-refractivity contribution in [1.82, 2.24) is 20.0 Å². The van der Waals surface area contributed by atoms with E-state index in [1.165, 1.54) is 0 Å². The summed E-state index contributed by atoms with van der Waals surface area (Å²) >= 11 is 0. The minimum Gasteiger partial charge on any atom is -0.461 e. The molecular weight excluding hydrogens is 320 g/mol. The smallest absolute Gasteiger partial charge is 0.312 e. The Kier molecular flexibility index (Phi) is 5.42. The van der Waals surface area contributed by atoms with Crippen LogP contribution >= 0.6 is 0 Å². The lowest BCUT2D eigenvalue weighted by molar-refractivity contribution is -0.152. The predicted octanol–water partition coefficient (Wildman–Crippen LogP) is 1.22. The van der Waals surface area contributed by atoms with E-state index in [0.29, 0.717) is 19.5 Å². The van der Waals surface area contributed by atoms with Crippen LogP contribution in [0.4, 0.5) is 0 Å². The van der Waals surface area contributed by atoms with Gasteiger partial charge in [-0.25, -0.2) is 0 Å². The van der Waals surface area contributed by atoms with Gasteiger partial charge in [0, 0.05) is 38.7 Å². The summed E-state index contributed by atoms with van der Waals surface area (Å²) in [5.74, 6) is 0.126. The molecule has 2 saturated heterocycles. The monoisotopic (exact) mass is 348 g/mol. The van der Waals surface area contributed by atoms with E-state index in [4.69, 9.17) is 4.74 Å². The van der Waals surface area contributed by atoms with Crippen LogP contribution in [0.2, 0.25) is 0 Å². The number of nitrogens with one attached hydrogen (secondary N) is 1. The average Bonchev–Trinajstić information content (AvgIpc) is 3.17. The number of hydrogen-bond donors (Lipinski definition) is 1. The number of amides is 1. The Morgan fingerprint density at radius 2 is 2.20 bits per heavy atom. The van der Waals surface area contributed by atoms with Crippen molar-refractivity contribution >= 4 is 11.9 Å². The first-order chi connectivity index (χ1) is 12.0. The van der Waals surface area contributed by atoms with E-state index in [2.05, 4.69) is 15.1 Å². The van der Waals surface area contributed by atoms with Gasteiger partial charge in [-0.1, -0.05) is 0 Å². The van der Waals surface area contributed by atoms with Gasteiger partial charge in [-0.3, -0.25) is 14.7 Å². The fraction of sp³-hybridized carbons (Fsp3) is 0.722. The number of piperidine rings is 1. The molecule has 1 spiro atoms. The highest BCUT2D eigenvalue weighted by Crippen LogP contribution is 2.43. The van der Waals surface area contributed by atoms with Crippen LogP contribution in [0, 0.1) is 5.41 Å². The molecule has 138 valence electrons. The van der Waals surface area contributed by atoms with E-state index in [0.717, 1.165) is 44.2 Å². The second-order valence-electron chi connectivity index (χ2n) is 7.61. The fourth-order valence-corrected chi connectivity index (χ4v) is 3.95. The molecule has 0 radical (unpaired) electrons. The minimum absolute atomic E-state index is 0.0142. The van der Waals surface area contributed by atoms with Gasteiger partial charge in [-0.05, 0) is 45.3 Å². The van der Waals surface area contributed by atoms with Crippen molar-refractivity contribution in [1.29, 1.82) is 0 Å². The van der Waals surface area contributed by atoms with Crippen LogP contribution in [-0.4, -0.2) is 71.7 Å². The van der Waals surface area contributed by atoms with E-state index in [9.17, 15) is 9.59 Å². The van der Waals surface area contributed by atoms with Crippen molar-refractivity contribution in [3.8, 4) is 0 Å². The number of hydrogen-bond acceptors (Lipinski definition) is 5. The number of ether oxygens (including phenoxy) is 1. The lowest BCUT2D eigenvalue weighted by Crippen LogP contribution is -2.45. The Hall–Kier alpha value is -1.89. The second-order valence-corrected chi connectivity index (χ2v) is 7.61. The van der Waals surface area contributed by atoms with E-state index >= 15 is 0 Å². The van der Waals surface area contributed by atoms with Crippen LogP contribution in [0.5, 0.6) is 0 Å². The molecule has 1 aromatic rings. The molecule has 0 aliphatic carbocycles. The molecule has 1 amide bonds. The van der Waals surface area contributed by atoms with E-state index in [1.54, 1.807) is 6.20 Å². The average molecular weight is 348 g/mol. The normalized spacial score (nSPS) is 22.6. The zero-order chi connectivity index (χ0) is 17.9. The van der Waals surface area contributed by atoms with Gasteiger partial charge in [0.25, 0.3) is 0 Å². The third-order valence-electron chi connectivity index (χ3n) is 5.38. The van der Waals surface area contributed by atoms with Gasteiger partial charge in [0.1, 0.15) is 6.10 Å². The van der Waals surface area contributed by atoms with Crippen molar-refractivity contribution < 1.29 is 14.3 Å². The van der Waals surface area contributed by atoms with Crippen molar-refractivity contribution in [2.75, 3.05) is 33.7 Å². The zero-order valence-corrected chi connectivity index (χ0v) is 15.2. The molecule has 2 aliphatic heterocycles. The summed E-state index contributed by atoms with van der Waals surface area (Å²) in [7, 11) is 3.98. The third kappa shape index (κ3) is 4.21. The van der Waals surface area contributed by atoms with E-state index in [-0.39, 0.29) is 23.4 Å². The molecule has 1 unspecified atom stereocenters. The van der Waals surface area contributed by atoms with Crippen molar-refractivity contribution in [2.24, 2.45) is 5.41 Å². The number of rotatable bonds is 6. The first-order valence-electron chi connectivity index (χ1n) is 9.10. The summed E-state index contributed by atoms with van der Waals surface area (Å²) in [5, 5.41) is 6.70. The van der Waals surface area contributed by atoms with Gasteiger partial charge >= 0.3 is 5.97 Å². The molecule has 7 heteroatoms. The predicted molar refractivity (Wildman–Crippen MR) is 92.8 cm³/mol. The van der Waals surface area contributed by atoms with Crippen LogP contribution in [0.15, 0.2) is 12.4 Å². The van der Waals surface area contributed by atoms with Crippen molar-refractivity contribution in [3.05, 3.63) is 18.0 Å². The molecule has 3 heterocycles. The Balaban J connectivity index is 1.45. The SMILES string of the molecule is CN(C)CC1CC2(CCN(C(=O)CCCc3cn[nH]c3)CC2)C(=O)O1. The number of likely N-dealkylation sites (N-methyl/N-ethyl adjacent to an activating group) is 1. The molecule has 1 aromatic heterocycles. The Labute approximate surface area is 148 Å². The number of H-pyrrole nitrogens is 1. The number of carbonyl (C=O) groups is 2. The quantitative estimate of drug-likeness (QED) is 0.782. The van der Waals surface area contributed by atoms with Gasteiger partial charge in [-0.2, -0.15) is 5.10 Å². The summed E-state index contributed by atoms with van der Waals surface area (Å²) in [6.07, 6.45) is 8.12. The zero-order valence-electron chi connectivity index (χ0n) is 15.2. The number of aryl methyl sites for hydroxylation is 1. The van der Waals surface area contributed by atoms with Crippen molar-refractivity contribution in [2.45, 2.75) is 44.6 Å². The highest BCUT2D eigenvalue weighted by atomic mass is 16.6. The summed E-state index contributed by atoms with van der Waals surface area (Å²) < 4.78 is 5.57. The second kappa shape index (κ2) is 7.56. The molecule has 0 bridgehead atoms. The van der Waals surface area contributed by atoms with E-state index < -0.39 is 0 Å². The van der Waals surface area contributed by atoms with Crippen molar-refractivity contribution in [3.63, 3.8) is 0 Å². The summed E-state index contributed by atoms with van der Waals surface area (Å²) in [4.78, 5) is 28.7. The maximum absolute atomic E-state index is 12.4. The number of carbonyl (C=O) groups excluding carboxylic acids is 2. The third-order valence-corrected chi connectivity index (χ3v) is 5.38. The first kappa shape index (κ1) is 17.9. The summed E-state index contributed by atoms with van der Waals surface area (Å²) in [6, 6.07) is 0.